The van der Waals surface area contributed by atoms with E-state index in [9.17, 15) is 9.59 Å². The molecule has 242 valence electrons. The van der Waals surface area contributed by atoms with Gasteiger partial charge in [0.15, 0.2) is 0 Å². The predicted octanol–water partition coefficient (Wildman–Crippen LogP) is 7.68. The number of imide groups is 1. The lowest BCUT2D eigenvalue weighted by molar-refractivity contribution is -0.144. The van der Waals surface area contributed by atoms with Crippen molar-refractivity contribution >= 4 is 22.7 Å². The number of aromatic amines is 1. The Morgan fingerprint density at radius 3 is 1.85 bits per heavy atom. The van der Waals surface area contributed by atoms with E-state index in [-0.39, 0.29) is 30.8 Å². The molecule has 0 saturated carbocycles. The summed E-state index contributed by atoms with van der Waals surface area (Å²) in [6.45, 7) is 1.66. The van der Waals surface area contributed by atoms with Crippen LogP contribution in [-0.2, 0) is 28.0 Å². The fraction of sp³-hybridized carbons (Fsp3) is 0.190. The molecule has 2 N–H and O–H groups in total. The molecular formula is C42H41N3O3. The van der Waals surface area contributed by atoms with Crippen LogP contribution in [0.2, 0.25) is 0 Å². The average molecular weight is 636 g/mol. The van der Waals surface area contributed by atoms with E-state index in [1.54, 1.807) is 7.11 Å². The number of rotatable bonds is 13. The maximum Gasteiger partial charge on any atom is 0.229 e. The Morgan fingerprint density at radius 2 is 1.27 bits per heavy atom. The molecule has 1 unspecified atom stereocenters. The van der Waals surface area contributed by atoms with Crippen molar-refractivity contribution in [3.05, 3.63) is 174 Å². The van der Waals surface area contributed by atoms with Crippen molar-refractivity contribution in [1.82, 2.24) is 15.2 Å². The Bertz CT molecular complexity index is 1860. The first-order valence-electron chi connectivity index (χ1n) is 16.4. The monoisotopic (exact) mass is 635 g/mol. The molecule has 2 amide bonds. The molecule has 6 aromatic rings. The summed E-state index contributed by atoms with van der Waals surface area (Å²) in [7, 11) is 1.63. The summed E-state index contributed by atoms with van der Waals surface area (Å²) in [5.74, 6) is 0.233. The van der Waals surface area contributed by atoms with Crippen molar-refractivity contribution in [3.63, 3.8) is 0 Å². The van der Waals surface area contributed by atoms with Crippen LogP contribution in [0, 0.1) is 0 Å². The second kappa shape index (κ2) is 15.0. The molecule has 1 atom stereocenters. The number of hydrogen-bond acceptors (Lipinski definition) is 4. The third kappa shape index (κ3) is 6.94. The number of hydrogen-bond donors (Lipinski definition) is 2. The highest BCUT2D eigenvalue weighted by molar-refractivity contribution is 5.94. The summed E-state index contributed by atoms with van der Waals surface area (Å²) in [6.07, 6.45) is 3.26. The van der Waals surface area contributed by atoms with E-state index in [4.69, 9.17) is 4.74 Å². The number of carbonyl (C=O) groups excluding carboxylic acids is 2. The van der Waals surface area contributed by atoms with Gasteiger partial charge in [0.25, 0.3) is 0 Å². The number of benzene rings is 5. The van der Waals surface area contributed by atoms with Gasteiger partial charge in [0.1, 0.15) is 5.75 Å². The number of carbonyl (C=O) groups is 2. The number of H-pyrrole nitrogens is 1. The molecule has 6 heteroatoms. The number of fused-ring (bicyclic) bond motifs is 1. The second-order valence-corrected chi connectivity index (χ2v) is 12.1. The summed E-state index contributed by atoms with van der Waals surface area (Å²) in [4.78, 5) is 32.0. The van der Waals surface area contributed by atoms with Gasteiger partial charge in [-0.25, -0.2) is 0 Å². The third-order valence-electron chi connectivity index (χ3n) is 9.07. The highest BCUT2D eigenvalue weighted by Gasteiger charge is 2.39. The van der Waals surface area contributed by atoms with Crippen LogP contribution >= 0.6 is 0 Å². The summed E-state index contributed by atoms with van der Waals surface area (Å²) in [5, 5.41) is 5.19. The smallest absolute Gasteiger partial charge is 0.229 e. The molecular weight excluding hydrogens is 594 g/mol. The van der Waals surface area contributed by atoms with Crippen LogP contribution in [-0.4, -0.2) is 41.4 Å². The molecule has 0 aliphatic carbocycles. The number of aromatic nitrogens is 1. The van der Waals surface area contributed by atoms with Crippen molar-refractivity contribution in [1.29, 1.82) is 0 Å². The normalized spacial score (nSPS) is 12.0. The maximum absolute atomic E-state index is 13.9. The van der Waals surface area contributed by atoms with Gasteiger partial charge in [-0.15, -0.1) is 0 Å². The fourth-order valence-corrected chi connectivity index (χ4v) is 6.76. The zero-order valence-electron chi connectivity index (χ0n) is 27.4. The van der Waals surface area contributed by atoms with E-state index in [0.29, 0.717) is 12.8 Å². The van der Waals surface area contributed by atoms with Crippen molar-refractivity contribution < 1.29 is 14.3 Å². The summed E-state index contributed by atoms with van der Waals surface area (Å²) < 4.78 is 5.52. The van der Waals surface area contributed by atoms with E-state index in [1.807, 2.05) is 60.8 Å². The minimum Gasteiger partial charge on any atom is -0.496 e. The number of nitrogens with one attached hydrogen (secondary N) is 2. The largest absolute Gasteiger partial charge is 0.496 e. The molecule has 1 heterocycles. The number of amides is 2. The van der Waals surface area contributed by atoms with Gasteiger partial charge in [0, 0.05) is 43.0 Å². The van der Waals surface area contributed by atoms with Gasteiger partial charge in [-0.3, -0.25) is 19.8 Å². The SMILES string of the molecule is COc1ccccc1CCC(=O)N(CC(Cc1c[nH]c2ccccc12)NC(c1ccccc1)(c1ccccc1)c1ccccc1)C(C)=O. The minimum absolute atomic E-state index is 0.182. The topological polar surface area (TPSA) is 74.4 Å². The average Bonchev–Trinajstić information content (AvgIpc) is 3.55. The van der Waals surface area contributed by atoms with Gasteiger partial charge in [0.05, 0.1) is 12.6 Å². The van der Waals surface area contributed by atoms with Crippen LogP contribution in [0.15, 0.2) is 146 Å². The Hall–Kier alpha value is -5.46. The van der Waals surface area contributed by atoms with E-state index in [1.165, 1.54) is 11.8 Å². The molecule has 0 radical (unpaired) electrons. The fourth-order valence-electron chi connectivity index (χ4n) is 6.76. The lowest BCUT2D eigenvalue weighted by atomic mass is 9.76. The van der Waals surface area contributed by atoms with Crippen molar-refractivity contribution in [3.8, 4) is 5.75 Å². The van der Waals surface area contributed by atoms with Gasteiger partial charge >= 0.3 is 0 Å². The molecule has 48 heavy (non-hydrogen) atoms. The van der Waals surface area contributed by atoms with E-state index < -0.39 is 5.54 Å². The molecule has 0 bridgehead atoms. The summed E-state index contributed by atoms with van der Waals surface area (Å²) >= 11 is 0. The van der Waals surface area contributed by atoms with Crippen LogP contribution in [0.1, 0.15) is 41.2 Å². The summed E-state index contributed by atoms with van der Waals surface area (Å²) in [6, 6.07) is 46.8. The van der Waals surface area contributed by atoms with Crippen LogP contribution in [0.4, 0.5) is 0 Å². The first-order chi connectivity index (χ1) is 23.5. The Balaban J connectivity index is 1.43. The number of para-hydroxylation sites is 2. The lowest BCUT2D eigenvalue weighted by Crippen LogP contribution is -2.55. The van der Waals surface area contributed by atoms with E-state index in [0.717, 1.165) is 44.5 Å². The quantitative estimate of drug-likeness (QED) is 0.128. The summed E-state index contributed by atoms with van der Waals surface area (Å²) in [5.41, 5.74) is 5.47. The number of ether oxygens (including phenoxy) is 1. The third-order valence-corrected chi connectivity index (χ3v) is 9.07. The van der Waals surface area contributed by atoms with Gasteiger partial charge in [-0.05, 0) is 52.8 Å². The van der Waals surface area contributed by atoms with Crippen LogP contribution in [0.3, 0.4) is 0 Å². The zero-order chi connectivity index (χ0) is 33.3. The Morgan fingerprint density at radius 1 is 0.729 bits per heavy atom. The van der Waals surface area contributed by atoms with Crippen LogP contribution in [0.25, 0.3) is 10.9 Å². The molecule has 0 fully saturated rings. The molecule has 0 aliphatic heterocycles. The van der Waals surface area contributed by atoms with Crippen molar-refractivity contribution in [2.45, 2.75) is 37.8 Å². The van der Waals surface area contributed by atoms with Crippen LogP contribution in [0.5, 0.6) is 5.75 Å². The second-order valence-electron chi connectivity index (χ2n) is 12.1. The molecule has 0 saturated heterocycles. The van der Waals surface area contributed by atoms with E-state index in [2.05, 4.69) is 95.2 Å². The lowest BCUT2D eigenvalue weighted by Gasteiger charge is -2.41. The standard InChI is InChI=1S/C42H41N3O3/c1-31(46)45(41(47)27-26-32-16-12-15-25-40(32)48-2)30-37(28-33-29-43-39-24-14-13-23-38(33)39)44-42(34-17-6-3-7-18-34,35-19-8-4-9-20-35)36-21-10-5-11-22-36/h3-25,29,37,43-44H,26-28,30H2,1-2H3. The molecule has 6 rings (SSSR count). The molecule has 0 aliphatic rings. The van der Waals surface area contributed by atoms with Crippen molar-refractivity contribution in [2.75, 3.05) is 13.7 Å². The van der Waals surface area contributed by atoms with E-state index >= 15 is 0 Å². The highest BCUT2D eigenvalue weighted by Crippen LogP contribution is 2.38. The van der Waals surface area contributed by atoms with Gasteiger partial charge in [0.2, 0.25) is 11.8 Å². The molecule has 5 aromatic carbocycles. The minimum atomic E-state index is -0.788. The highest BCUT2D eigenvalue weighted by atomic mass is 16.5. The number of methoxy groups -OCH3 is 1. The Labute approximate surface area is 282 Å². The van der Waals surface area contributed by atoms with Crippen molar-refractivity contribution in [2.24, 2.45) is 0 Å². The van der Waals surface area contributed by atoms with Gasteiger partial charge < -0.3 is 9.72 Å². The Kier molecular flexibility index (Phi) is 10.1. The molecule has 0 spiro atoms. The number of aryl methyl sites for hydroxylation is 1. The zero-order valence-corrected chi connectivity index (χ0v) is 27.4. The predicted molar refractivity (Wildman–Crippen MR) is 192 cm³/mol. The molecule has 6 nitrogen and oxygen atoms in total. The maximum atomic E-state index is 13.9. The molecule has 1 aromatic heterocycles. The van der Waals surface area contributed by atoms with Gasteiger partial charge in [-0.2, -0.15) is 0 Å². The van der Waals surface area contributed by atoms with Gasteiger partial charge in [-0.1, -0.05) is 127 Å². The number of nitrogens with zero attached hydrogens (tertiary/aromatic N) is 1. The first-order valence-corrected chi connectivity index (χ1v) is 16.4. The van der Waals surface area contributed by atoms with Crippen LogP contribution < -0.4 is 10.1 Å². The first kappa shape index (κ1) is 32.5.